The van der Waals surface area contributed by atoms with Gasteiger partial charge in [0, 0.05) is 19.5 Å². The SMILES string of the molecule is Cc1c(CCC(=O)O)nnn1CC(=O)N1CCC(C)CC1. The predicted octanol–water partition coefficient (Wildman–Crippen LogP) is 0.862. The van der Waals surface area contributed by atoms with Crippen LogP contribution in [0, 0.1) is 12.8 Å². The van der Waals surface area contributed by atoms with Crippen LogP contribution in [0.3, 0.4) is 0 Å². The number of aromatic nitrogens is 3. The Bertz CT molecular complexity index is 518. The van der Waals surface area contributed by atoms with Crippen LogP contribution >= 0.6 is 0 Å². The minimum Gasteiger partial charge on any atom is -0.481 e. The predicted molar refractivity (Wildman–Crippen MR) is 75.7 cm³/mol. The summed E-state index contributed by atoms with van der Waals surface area (Å²) in [5, 5.41) is 16.6. The summed E-state index contributed by atoms with van der Waals surface area (Å²) in [5.41, 5.74) is 1.42. The second-order valence-electron chi connectivity index (χ2n) is 5.74. The summed E-state index contributed by atoms with van der Waals surface area (Å²) in [5.74, 6) is -0.119. The van der Waals surface area contributed by atoms with Crippen LogP contribution in [0.5, 0.6) is 0 Å². The summed E-state index contributed by atoms with van der Waals surface area (Å²) in [4.78, 5) is 24.7. The maximum atomic E-state index is 12.2. The maximum absolute atomic E-state index is 12.2. The average Bonchev–Trinajstić information content (AvgIpc) is 2.78. The van der Waals surface area contributed by atoms with Crippen molar-refractivity contribution in [1.82, 2.24) is 19.9 Å². The average molecular weight is 294 g/mol. The van der Waals surface area contributed by atoms with E-state index in [9.17, 15) is 9.59 Å². The van der Waals surface area contributed by atoms with Crippen molar-refractivity contribution < 1.29 is 14.7 Å². The van der Waals surface area contributed by atoms with Crippen LogP contribution in [0.2, 0.25) is 0 Å². The molecule has 0 aromatic carbocycles. The van der Waals surface area contributed by atoms with Gasteiger partial charge in [0.15, 0.2) is 0 Å². The topological polar surface area (TPSA) is 88.3 Å². The number of aliphatic carboxylic acids is 1. The number of nitrogens with zero attached hydrogens (tertiary/aromatic N) is 4. The Morgan fingerprint density at radius 1 is 1.33 bits per heavy atom. The molecule has 21 heavy (non-hydrogen) atoms. The van der Waals surface area contributed by atoms with Gasteiger partial charge in [0.2, 0.25) is 5.91 Å². The van der Waals surface area contributed by atoms with Gasteiger partial charge in [0.25, 0.3) is 0 Å². The number of likely N-dealkylation sites (tertiary alicyclic amines) is 1. The number of aryl methyl sites for hydroxylation is 1. The molecule has 7 heteroatoms. The first kappa shape index (κ1) is 15.5. The molecule has 0 saturated carbocycles. The summed E-state index contributed by atoms with van der Waals surface area (Å²) in [6.45, 7) is 5.82. The van der Waals surface area contributed by atoms with Crippen molar-refractivity contribution in [3.05, 3.63) is 11.4 Å². The van der Waals surface area contributed by atoms with Gasteiger partial charge in [0.05, 0.1) is 17.8 Å². The zero-order chi connectivity index (χ0) is 15.4. The highest BCUT2D eigenvalue weighted by Crippen LogP contribution is 2.16. The lowest BCUT2D eigenvalue weighted by atomic mass is 9.99. The molecular weight excluding hydrogens is 272 g/mol. The Kier molecular flexibility index (Phi) is 4.93. The van der Waals surface area contributed by atoms with E-state index in [1.54, 1.807) is 4.68 Å². The van der Waals surface area contributed by atoms with Gasteiger partial charge >= 0.3 is 5.97 Å². The van der Waals surface area contributed by atoms with Crippen molar-refractivity contribution in [1.29, 1.82) is 0 Å². The summed E-state index contributed by atoms with van der Waals surface area (Å²) in [7, 11) is 0. The van der Waals surface area contributed by atoms with Gasteiger partial charge in [0.1, 0.15) is 6.54 Å². The van der Waals surface area contributed by atoms with Gasteiger partial charge < -0.3 is 10.0 Å². The number of carbonyl (C=O) groups excluding carboxylic acids is 1. The summed E-state index contributed by atoms with van der Waals surface area (Å²) >= 11 is 0. The van der Waals surface area contributed by atoms with E-state index in [1.807, 2.05) is 11.8 Å². The Morgan fingerprint density at radius 2 is 2.00 bits per heavy atom. The molecule has 2 heterocycles. The van der Waals surface area contributed by atoms with Gasteiger partial charge in [-0.25, -0.2) is 4.68 Å². The Hall–Kier alpha value is -1.92. The molecule has 7 nitrogen and oxygen atoms in total. The number of rotatable bonds is 5. The lowest BCUT2D eigenvalue weighted by Gasteiger charge is -2.30. The third-order valence-corrected chi connectivity index (χ3v) is 4.08. The zero-order valence-electron chi connectivity index (χ0n) is 12.6. The highest BCUT2D eigenvalue weighted by atomic mass is 16.4. The Labute approximate surface area is 123 Å². The van der Waals surface area contributed by atoms with Crippen molar-refractivity contribution in [2.24, 2.45) is 5.92 Å². The second kappa shape index (κ2) is 6.69. The van der Waals surface area contributed by atoms with Crippen molar-refractivity contribution in [2.45, 2.75) is 46.1 Å². The smallest absolute Gasteiger partial charge is 0.303 e. The molecule has 1 aliphatic heterocycles. The van der Waals surface area contributed by atoms with Crippen LogP contribution in [0.15, 0.2) is 0 Å². The molecule has 2 rings (SSSR count). The Balaban J connectivity index is 1.93. The maximum Gasteiger partial charge on any atom is 0.303 e. The van der Waals surface area contributed by atoms with Gasteiger partial charge in [-0.2, -0.15) is 0 Å². The molecule has 1 aromatic heterocycles. The highest BCUT2D eigenvalue weighted by molar-refractivity contribution is 5.76. The van der Waals surface area contributed by atoms with Gasteiger partial charge in [-0.15, -0.1) is 5.10 Å². The number of piperidine rings is 1. The zero-order valence-corrected chi connectivity index (χ0v) is 12.6. The lowest BCUT2D eigenvalue weighted by molar-refractivity contribution is -0.137. The first-order valence-corrected chi connectivity index (χ1v) is 7.36. The van der Waals surface area contributed by atoms with Crippen molar-refractivity contribution >= 4 is 11.9 Å². The van der Waals surface area contributed by atoms with Gasteiger partial charge in [-0.3, -0.25) is 9.59 Å². The molecular formula is C14H22N4O3. The fourth-order valence-corrected chi connectivity index (χ4v) is 2.49. The largest absolute Gasteiger partial charge is 0.481 e. The minimum absolute atomic E-state index is 0.0253. The van der Waals surface area contributed by atoms with Crippen LogP contribution in [0.25, 0.3) is 0 Å². The van der Waals surface area contributed by atoms with Crippen molar-refractivity contribution in [3.8, 4) is 0 Å². The van der Waals surface area contributed by atoms with E-state index in [0.717, 1.165) is 31.6 Å². The molecule has 1 aliphatic rings. The van der Waals surface area contributed by atoms with Gasteiger partial charge in [-0.05, 0) is 25.7 Å². The normalized spacial score (nSPS) is 16.2. The summed E-state index contributed by atoms with van der Waals surface area (Å²) < 4.78 is 1.57. The van der Waals surface area contributed by atoms with Crippen LogP contribution in [0.4, 0.5) is 0 Å². The molecule has 1 saturated heterocycles. The molecule has 1 aromatic rings. The van der Waals surface area contributed by atoms with Crippen molar-refractivity contribution in [2.75, 3.05) is 13.1 Å². The number of carbonyl (C=O) groups is 2. The highest BCUT2D eigenvalue weighted by Gasteiger charge is 2.21. The van der Waals surface area contributed by atoms with E-state index in [1.165, 1.54) is 0 Å². The molecule has 1 fully saturated rings. The third-order valence-electron chi connectivity index (χ3n) is 4.08. The van der Waals surface area contributed by atoms with E-state index in [4.69, 9.17) is 5.11 Å². The third kappa shape index (κ3) is 4.03. The molecule has 0 unspecified atom stereocenters. The minimum atomic E-state index is -0.859. The van der Waals surface area contributed by atoms with Crippen LogP contribution < -0.4 is 0 Å². The number of carboxylic acid groups (broad SMARTS) is 1. The fraction of sp³-hybridized carbons (Fsp3) is 0.714. The summed E-state index contributed by atoms with van der Waals surface area (Å²) in [6.07, 6.45) is 2.46. The second-order valence-corrected chi connectivity index (χ2v) is 5.74. The van der Waals surface area contributed by atoms with Crippen LogP contribution in [-0.2, 0) is 22.6 Å². The standard InChI is InChI=1S/C14H22N4O3/c1-10-5-7-17(8-6-10)13(19)9-18-11(2)12(15-16-18)3-4-14(20)21/h10H,3-9H2,1-2H3,(H,20,21). The molecule has 0 spiro atoms. The lowest BCUT2D eigenvalue weighted by Crippen LogP contribution is -2.40. The Morgan fingerprint density at radius 3 is 2.62 bits per heavy atom. The first-order valence-electron chi connectivity index (χ1n) is 7.36. The number of carboxylic acids is 1. The van der Waals surface area contributed by atoms with Crippen molar-refractivity contribution in [3.63, 3.8) is 0 Å². The molecule has 0 atom stereocenters. The van der Waals surface area contributed by atoms with E-state index >= 15 is 0 Å². The first-order chi connectivity index (χ1) is 9.97. The quantitative estimate of drug-likeness (QED) is 0.870. The fourth-order valence-electron chi connectivity index (χ4n) is 2.49. The molecule has 116 valence electrons. The van der Waals surface area contributed by atoms with E-state index in [-0.39, 0.29) is 18.9 Å². The van der Waals surface area contributed by atoms with Crippen LogP contribution in [0.1, 0.15) is 37.6 Å². The molecule has 0 bridgehead atoms. The number of amides is 1. The van der Waals surface area contributed by atoms with E-state index < -0.39 is 5.97 Å². The molecule has 1 N–H and O–H groups in total. The number of hydrogen-bond donors (Lipinski definition) is 1. The van der Waals surface area contributed by atoms with E-state index in [2.05, 4.69) is 17.2 Å². The molecule has 0 radical (unpaired) electrons. The van der Waals surface area contributed by atoms with Gasteiger partial charge in [-0.1, -0.05) is 12.1 Å². The molecule has 1 amide bonds. The molecule has 0 aliphatic carbocycles. The van der Waals surface area contributed by atoms with Crippen LogP contribution in [-0.4, -0.2) is 50.0 Å². The monoisotopic (exact) mass is 294 g/mol. The van der Waals surface area contributed by atoms with E-state index in [0.29, 0.717) is 18.0 Å². The number of hydrogen-bond acceptors (Lipinski definition) is 4. The summed E-state index contributed by atoms with van der Waals surface area (Å²) in [6, 6.07) is 0.